The minimum atomic E-state index is -0.740. The van der Waals surface area contributed by atoms with Crippen molar-refractivity contribution in [3.8, 4) is 0 Å². The largest absolute Gasteiger partial charge is 0.341 e. The average molecular weight is 356 g/mol. The Morgan fingerprint density at radius 3 is 2.30 bits per heavy atom. The van der Waals surface area contributed by atoms with Crippen LogP contribution in [0.15, 0.2) is 36.4 Å². The van der Waals surface area contributed by atoms with Crippen LogP contribution in [0, 0.1) is 5.82 Å². The van der Waals surface area contributed by atoms with Gasteiger partial charge in [-0.05, 0) is 30.3 Å². The third kappa shape index (κ3) is 4.34. The fourth-order valence-corrected chi connectivity index (χ4v) is 2.23. The van der Waals surface area contributed by atoms with Crippen LogP contribution >= 0.6 is 23.2 Å². The number of anilines is 2. The molecule has 0 aliphatic carbocycles. The number of rotatable bonds is 3. The van der Waals surface area contributed by atoms with Crippen molar-refractivity contribution in [3.63, 3.8) is 0 Å². The Hall–Kier alpha value is -2.31. The van der Waals surface area contributed by atoms with Crippen molar-refractivity contribution in [2.75, 3.05) is 17.7 Å². The number of halogens is 3. The molecule has 2 aromatic rings. The predicted octanol–water partition coefficient (Wildman–Crippen LogP) is 4.14. The number of benzene rings is 2. The molecule has 3 amide bonds. The van der Waals surface area contributed by atoms with Gasteiger partial charge in [0.1, 0.15) is 5.82 Å². The molecule has 0 heterocycles. The Morgan fingerprint density at radius 2 is 1.65 bits per heavy atom. The summed E-state index contributed by atoms with van der Waals surface area (Å²) in [5.41, 5.74) is 0.851. The first-order valence-corrected chi connectivity index (χ1v) is 7.21. The molecule has 23 heavy (non-hydrogen) atoms. The van der Waals surface area contributed by atoms with Crippen LogP contribution < -0.4 is 16.0 Å². The minimum Gasteiger partial charge on any atom is -0.341 e. The Balaban J connectivity index is 2.19. The number of urea groups is 1. The number of nitrogens with one attached hydrogen (secondary N) is 3. The summed E-state index contributed by atoms with van der Waals surface area (Å²) in [6, 6.07) is 8.20. The molecular weight excluding hydrogens is 344 g/mol. The average Bonchev–Trinajstić information content (AvgIpc) is 2.51. The molecule has 0 aromatic heterocycles. The van der Waals surface area contributed by atoms with E-state index in [1.165, 1.54) is 7.05 Å². The number of amides is 3. The van der Waals surface area contributed by atoms with Crippen molar-refractivity contribution in [1.82, 2.24) is 5.32 Å². The van der Waals surface area contributed by atoms with Gasteiger partial charge in [-0.2, -0.15) is 0 Å². The Bertz CT molecular complexity index is 768. The first-order valence-electron chi connectivity index (χ1n) is 6.45. The van der Waals surface area contributed by atoms with E-state index in [4.69, 9.17) is 23.2 Å². The summed E-state index contributed by atoms with van der Waals surface area (Å²) in [7, 11) is 1.48. The zero-order valence-electron chi connectivity index (χ0n) is 11.9. The lowest BCUT2D eigenvalue weighted by atomic mass is 10.2. The number of carbonyl (C=O) groups is 2. The van der Waals surface area contributed by atoms with Crippen molar-refractivity contribution in [2.45, 2.75) is 0 Å². The van der Waals surface area contributed by atoms with Crippen molar-refractivity contribution in [3.05, 3.63) is 57.8 Å². The lowest BCUT2D eigenvalue weighted by Gasteiger charge is -2.10. The van der Waals surface area contributed by atoms with Crippen LogP contribution in [0.3, 0.4) is 0 Å². The molecule has 0 saturated heterocycles. The zero-order chi connectivity index (χ0) is 17.0. The molecule has 0 atom stereocenters. The van der Waals surface area contributed by atoms with Gasteiger partial charge in [0.15, 0.2) is 0 Å². The molecule has 5 nitrogen and oxygen atoms in total. The molecule has 2 aromatic carbocycles. The number of carbonyl (C=O) groups excluding carboxylic acids is 2. The highest BCUT2D eigenvalue weighted by atomic mass is 35.5. The number of hydrogen-bond acceptors (Lipinski definition) is 2. The molecular formula is C15H12Cl2FN3O2. The lowest BCUT2D eigenvalue weighted by molar-refractivity contribution is 0.102. The van der Waals surface area contributed by atoms with E-state index in [-0.39, 0.29) is 15.6 Å². The van der Waals surface area contributed by atoms with Gasteiger partial charge in [0.05, 0.1) is 15.6 Å². The fourth-order valence-electron chi connectivity index (χ4n) is 1.76. The van der Waals surface area contributed by atoms with Crippen molar-refractivity contribution in [1.29, 1.82) is 0 Å². The summed E-state index contributed by atoms with van der Waals surface area (Å²) in [5.74, 6) is -1.33. The first-order chi connectivity index (χ1) is 10.9. The van der Waals surface area contributed by atoms with Gasteiger partial charge in [0.25, 0.3) is 5.91 Å². The molecule has 2 rings (SSSR count). The molecule has 0 aliphatic rings. The molecule has 120 valence electrons. The molecule has 0 fully saturated rings. The molecule has 0 spiro atoms. The quantitative estimate of drug-likeness (QED) is 0.724. The summed E-state index contributed by atoms with van der Waals surface area (Å²) in [6.45, 7) is 0. The Labute approximate surface area is 141 Å². The first kappa shape index (κ1) is 17.1. The van der Waals surface area contributed by atoms with Gasteiger partial charge in [0.2, 0.25) is 0 Å². The molecule has 0 aliphatic heterocycles. The minimum absolute atomic E-state index is 0.0357. The van der Waals surface area contributed by atoms with Gasteiger partial charge in [-0.25, -0.2) is 9.18 Å². The smallest absolute Gasteiger partial charge is 0.318 e. The fraction of sp³-hybridized carbons (Fsp3) is 0.0667. The summed E-state index contributed by atoms with van der Waals surface area (Å²) < 4.78 is 13.5. The van der Waals surface area contributed by atoms with Crippen LogP contribution in [-0.4, -0.2) is 19.0 Å². The van der Waals surface area contributed by atoms with Crippen molar-refractivity contribution >= 4 is 46.5 Å². The maximum atomic E-state index is 13.5. The van der Waals surface area contributed by atoms with E-state index in [0.717, 1.165) is 12.1 Å². The second-order valence-electron chi connectivity index (χ2n) is 4.49. The van der Waals surface area contributed by atoms with Crippen LogP contribution in [0.2, 0.25) is 10.0 Å². The third-order valence-corrected chi connectivity index (χ3v) is 3.46. The summed E-state index contributed by atoms with van der Waals surface area (Å²) in [4.78, 5) is 23.5. The monoisotopic (exact) mass is 355 g/mol. The molecule has 0 radical (unpaired) electrons. The predicted molar refractivity (Wildman–Crippen MR) is 88.9 cm³/mol. The second-order valence-corrected chi connectivity index (χ2v) is 5.30. The van der Waals surface area contributed by atoms with Crippen molar-refractivity contribution in [2.24, 2.45) is 0 Å². The summed E-state index contributed by atoms with van der Waals surface area (Å²) >= 11 is 11.5. The maximum Gasteiger partial charge on any atom is 0.318 e. The highest BCUT2D eigenvalue weighted by molar-refractivity contribution is 6.37. The van der Waals surface area contributed by atoms with Crippen LogP contribution in [0.4, 0.5) is 20.6 Å². The second kappa shape index (κ2) is 7.30. The summed E-state index contributed by atoms with van der Waals surface area (Å²) in [5, 5.41) is 7.42. The molecule has 8 heteroatoms. The van der Waals surface area contributed by atoms with E-state index in [9.17, 15) is 14.0 Å². The van der Waals surface area contributed by atoms with Crippen molar-refractivity contribution < 1.29 is 14.0 Å². The molecule has 0 unspecified atom stereocenters. The van der Waals surface area contributed by atoms with Crippen LogP contribution in [0.1, 0.15) is 10.4 Å². The number of hydrogen-bond donors (Lipinski definition) is 3. The van der Waals surface area contributed by atoms with Gasteiger partial charge < -0.3 is 16.0 Å². The van der Waals surface area contributed by atoms with Crippen LogP contribution in [0.5, 0.6) is 0 Å². The summed E-state index contributed by atoms with van der Waals surface area (Å²) in [6.07, 6.45) is 0. The van der Waals surface area contributed by atoms with Gasteiger partial charge in [-0.15, -0.1) is 0 Å². The molecule has 0 saturated carbocycles. The van der Waals surface area contributed by atoms with Crippen LogP contribution in [0.25, 0.3) is 0 Å². The normalized spacial score (nSPS) is 10.1. The highest BCUT2D eigenvalue weighted by Gasteiger charge is 2.14. The lowest BCUT2D eigenvalue weighted by Crippen LogP contribution is -2.24. The van der Waals surface area contributed by atoms with Gasteiger partial charge in [-0.3, -0.25) is 4.79 Å². The SMILES string of the molecule is CNC(=O)Nc1cccc(NC(=O)c2cc(F)c(Cl)cc2Cl)c1. The Kier molecular flexibility index (Phi) is 5.41. The van der Waals surface area contributed by atoms with E-state index in [1.807, 2.05) is 0 Å². The van der Waals surface area contributed by atoms with E-state index < -0.39 is 17.8 Å². The maximum absolute atomic E-state index is 13.5. The van der Waals surface area contributed by atoms with Gasteiger partial charge in [-0.1, -0.05) is 29.3 Å². The van der Waals surface area contributed by atoms with E-state index >= 15 is 0 Å². The van der Waals surface area contributed by atoms with Gasteiger partial charge >= 0.3 is 6.03 Å². The molecule has 3 N–H and O–H groups in total. The van der Waals surface area contributed by atoms with Crippen LogP contribution in [-0.2, 0) is 0 Å². The van der Waals surface area contributed by atoms with E-state index in [1.54, 1.807) is 24.3 Å². The Morgan fingerprint density at radius 1 is 1.00 bits per heavy atom. The third-order valence-electron chi connectivity index (χ3n) is 2.86. The van der Waals surface area contributed by atoms with E-state index in [0.29, 0.717) is 11.4 Å². The molecule has 0 bridgehead atoms. The highest BCUT2D eigenvalue weighted by Crippen LogP contribution is 2.25. The van der Waals surface area contributed by atoms with E-state index in [2.05, 4.69) is 16.0 Å². The zero-order valence-corrected chi connectivity index (χ0v) is 13.4. The standard InChI is InChI=1S/C15H12Cl2FN3O2/c1-19-15(23)21-9-4-2-3-8(5-9)20-14(22)10-6-13(18)12(17)7-11(10)16/h2-7H,1H3,(H,20,22)(H2,19,21,23). The topological polar surface area (TPSA) is 70.2 Å². The van der Waals surface area contributed by atoms with Gasteiger partial charge in [0, 0.05) is 18.4 Å².